The lowest BCUT2D eigenvalue weighted by Crippen LogP contribution is -2.02. The number of anilines is 2. The molecule has 1 aromatic heterocycles. The normalized spacial score (nSPS) is 11.6. The third-order valence-electron chi connectivity index (χ3n) is 3.63. The number of aromatic nitrogens is 1. The Labute approximate surface area is 138 Å². The predicted octanol–water partition coefficient (Wildman–Crippen LogP) is 3.53. The van der Waals surface area contributed by atoms with Crippen LogP contribution in [0.25, 0.3) is 10.9 Å². The van der Waals surface area contributed by atoms with Crippen molar-refractivity contribution in [2.24, 2.45) is 0 Å². The van der Waals surface area contributed by atoms with Crippen LogP contribution in [0.15, 0.2) is 47.4 Å². The third-order valence-corrected chi connectivity index (χ3v) is 4.74. The molecule has 0 aliphatic rings. The van der Waals surface area contributed by atoms with Crippen molar-refractivity contribution in [3.05, 3.63) is 58.3 Å². The Morgan fingerprint density at radius 2 is 1.88 bits per heavy atom. The van der Waals surface area contributed by atoms with Gasteiger partial charge in [-0.25, -0.2) is 8.42 Å². The number of H-pyrrole nitrogens is 1. The van der Waals surface area contributed by atoms with E-state index in [9.17, 15) is 18.5 Å². The molecule has 0 atom stereocenters. The number of nitrogens with one attached hydrogen (secondary N) is 2. The Kier molecular flexibility index (Phi) is 3.76. The van der Waals surface area contributed by atoms with E-state index in [1.165, 1.54) is 12.1 Å². The number of benzene rings is 2. The molecule has 0 saturated heterocycles. The lowest BCUT2D eigenvalue weighted by atomic mass is 10.2. The van der Waals surface area contributed by atoms with E-state index < -0.39 is 14.8 Å². The van der Waals surface area contributed by atoms with Crippen molar-refractivity contribution in [1.82, 2.24) is 4.98 Å². The van der Waals surface area contributed by atoms with Crippen LogP contribution in [0.4, 0.5) is 17.1 Å². The highest BCUT2D eigenvalue weighted by Crippen LogP contribution is 2.31. The maximum Gasteiger partial charge on any atom is 0.293 e. The SMILES string of the molecule is Cc1cc2cc(Nc3ccc(S(C)(=O)=O)cc3[N+](=O)[O-])ccc2[nH]1. The van der Waals surface area contributed by atoms with E-state index in [0.29, 0.717) is 5.69 Å². The van der Waals surface area contributed by atoms with Crippen molar-refractivity contribution in [2.45, 2.75) is 11.8 Å². The maximum absolute atomic E-state index is 11.6. The quantitative estimate of drug-likeness (QED) is 0.556. The van der Waals surface area contributed by atoms with Crippen LogP contribution in [0.1, 0.15) is 5.69 Å². The van der Waals surface area contributed by atoms with E-state index in [4.69, 9.17) is 0 Å². The molecule has 3 aromatic rings. The van der Waals surface area contributed by atoms with Gasteiger partial charge in [-0.05, 0) is 43.3 Å². The molecule has 0 bridgehead atoms. The highest BCUT2D eigenvalue weighted by atomic mass is 32.2. The van der Waals surface area contributed by atoms with Crippen molar-refractivity contribution in [3.63, 3.8) is 0 Å². The van der Waals surface area contributed by atoms with Crippen LogP contribution >= 0.6 is 0 Å². The summed E-state index contributed by atoms with van der Waals surface area (Å²) in [6.07, 6.45) is 1.02. The molecule has 0 amide bonds. The molecule has 3 rings (SSSR count). The Morgan fingerprint density at radius 1 is 1.12 bits per heavy atom. The topological polar surface area (TPSA) is 105 Å². The summed E-state index contributed by atoms with van der Waals surface area (Å²) in [7, 11) is -3.51. The minimum Gasteiger partial charge on any atom is -0.359 e. The minimum atomic E-state index is -3.51. The van der Waals surface area contributed by atoms with E-state index in [0.717, 1.165) is 28.9 Å². The van der Waals surface area contributed by atoms with Crippen LogP contribution in [0, 0.1) is 17.0 Å². The first kappa shape index (κ1) is 16.0. The molecule has 124 valence electrons. The van der Waals surface area contributed by atoms with Crippen LogP contribution < -0.4 is 5.32 Å². The zero-order chi connectivity index (χ0) is 17.5. The van der Waals surface area contributed by atoms with Gasteiger partial charge in [0, 0.05) is 34.6 Å². The van der Waals surface area contributed by atoms with Crippen LogP contribution in [0.5, 0.6) is 0 Å². The van der Waals surface area contributed by atoms with Gasteiger partial charge in [0.25, 0.3) is 5.69 Å². The van der Waals surface area contributed by atoms with Crippen LogP contribution in [0.2, 0.25) is 0 Å². The molecule has 8 heteroatoms. The number of aromatic amines is 1. The second-order valence-corrected chi connectivity index (χ2v) is 7.60. The molecule has 24 heavy (non-hydrogen) atoms. The van der Waals surface area contributed by atoms with Crippen LogP contribution in [0.3, 0.4) is 0 Å². The number of hydrogen-bond donors (Lipinski definition) is 2. The minimum absolute atomic E-state index is 0.0866. The molecule has 0 unspecified atom stereocenters. The summed E-state index contributed by atoms with van der Waals surface area (Å²) in [5.74, 6) is 0. The summed E-state index contributed by atoms with van der Waals surface area (Å²) in [5.41, 5.74) is 2.62. The monoisotopic (exact) mass is 345 g/mol. The van der Waals surface area contributed by atoms with Gasteiger partial charge in [-0.3, -0.25) is 10.1 Å². The predicted molar refractivity (Wildman–Crippen MR) is 92.5 cm³/mol. The molecule has 1 heterocycles. The highest BCUT2D eigenvalue weighted by Gasteiger charge is 2.19. The van der Waals surface area contributed by atoms with Crippen molar-refractivity contribution < 1.29 is 13.3 Å². The Balaban J connectivity index is 2.02. The average Bonchev–Trinajstić information content (AvgIpc) is 2.85. The standard InChI is InChI=1S/C16H15N3O4S/c1-10-7-11-8-12(3-5-14(11)17-10)18-15-6-4-13(24(2,22)23)9-16(15)19(20)21/h3-9,17-18H,1-2H3. The summed E-state index contributed by atoms with van der Waals surface area (Å²) in [6, 6.07) is 11.3. The molecular formula is C16H15N3O4S. The number of nitrogens with zero attached hydrogens (tertiary/aromatic N) is 1. The van der Waals surface area contributed by atoms with Crippen LogP contribution in [-0.4, -0.2) is 24.6 Å². The first-order valence-corrected chi connectivity index (χ1v) is 8.98. The van der Waals surface area contributed by atoms with Gasteiger partial charge in [0.05, 0.1) is 9.82 Å². The summed E-state index contributed by atoms with van der Waals surface area (Å²) in [6.45, 7) is 1.95. The Morgan fingerprint density at radius 3 is 2.54 bits per heavy atom. The van der Waals surface area contributed by atoms with E-state index in [2.05, 4.69) is 10.3 Å². The number of nitro benzene ring substituents is 1. The zero-order valence-electron chi connectivity index (χ0n) is 13.0. The molecule has 0 aliphatic carbocycles. The van der Waals surface area contributed by atoms with Gasteiger partial charge < -0.3 is 10.3 Å². The molecule has 0 spiro atoms. The van der Waals surface area contributed by atoms with Crippen molar-refractivity contribution in [1.29, 1.82) is 0 Å². The first-order chi connectivity index (χ1) is 11.2. The third kappa shape index (κ3) is 3.09. The van der Waals surface area contributed by atoms with Gasteiger partial charge in [0.2, 0.25) is 0 Å². The average molecular weight is 345 g/mol. The van der Waals surface area contributed by atoms with Crippen molar-refractivity contribution in [2.75, 3.05) is 11.6 Å². The number of sulfone groups is 1. The molecule has 0 saturated carbocycles. The molecule has 0 radical (unpaired) electrons. The summed E-state index contributed by atoms with van der Waals surface area (Å²) < 4.78 is 23.2. The summed E-state index contributed by atoms with van der Waals surface area (Å²) in [4.78, 5) is 13.8. The number of fused-ring (bicyclic) bond motifs is 1. The molecule has 2 aromatic carbocycles. The van der Waals surface area contributed by atoms with Crippen molar-refractivity contribution in [3.8, 4) is 0 Å². The fourth-order valence-electron chi connectivity index (χ4n) is 2.51. The number of aryl methyl sites for hydroxylation is 1. The smallest absolute Gasteiger partial charge is 0.293 e. The Bertz CT molecular complexity index is 1050. The summed E-state index contributed by atoms with van der Waals surface area (Å²) in [5, 5.41) is 15.2. The van der Waals surface area contributed by atoms with E-state index in [-0.39, 0.29) is 16.3 Å². The molecule has 2 N–H and O–H groups in total. The number of hydrogen-bond acceptors (Lipinski definition) is 5. The van der Waals surface area contributed by atoms with Gasteiger partial charge in [0.1, 0.15) is 5.69 Å². The van der Waals surface area contributed by atoms with Gasteiger partial charge in [-0.15, -0.1) is 0 Å². The molecule has 0 fully saturated rings. The lowest BCUT2D eigenvalue weighted by molar-refractivity contribution is -0.384. The van der Waals surface area contributed by atoms with E-state index in [1.807, 2.05) is 25.1 Å². The fraction of sp³-hybridized carbons (Fsp3) is 0.125. The van der Waals surface area contributed by atoms with E-state index in [1.54, 1.807) is 6.07 Å². The molecular weight excluding hydrogens is 330 g/mol. The fourth-order valence-corrected chi connectivity index (χ4v) is 3.15. The lowest BCUT2D eigenvalue weighted by Gasteiger charge is -2.08. The van der Waals surface area contributed by atoms with Crippen molar-refractivity contribution >= 4 is 37.8 Å². The molecule has 0 aliphatic heterocycles. The largest absolute Gasteiger partial charge is 0.359 e. The van der Waals surface area contributed by atoms with Gasteiger partial charge in [0.15, 0.2) is 9.84 Å². The first-order valence-electron chi connectivity index (χ1n) is 7.09. The van der Waals surface area contributed by atoms with Gasteiger partial charge in [-0.1, -0.05) is 0 Å². The summed E-state index contributed by atoms with van der Waals surface area (Å²) >= 11 is 0. The van der Waals surface area contributed by atoms with Gasteiger partial charge in [-0.2, -0.15) is 0 Å². The number of nitro groups is 1. The maximum atomic E-state index is 11.6. The second kappa shape index (κ2) is 5.64. The van der Waals surface area contributed by atoms with E-state index >= 15 is 0 Å². The zero-order valence-corrected chi connectivity index (χ0v) is 13.8. The Hall–Kier alpha value is -2.87. The van der Waals surface area contributed by atoms with Gasteiger partial charge >= 0.3 is 0 Å². The van der Waals surface area contributed by atoms with Crippen LogP contribution in [-0.2, 0) is 9.84 Å². The number of rotatable bonds is 4. The second-order valence-electron chi connectivity index (χ2n) is 5.59. The highest BCUT2D eigenvalue weighted by molar-refractivity contribution is 7.90. The molecule has 7 nitrogen and oxygen atoms in total.